The van der Waals surface area contributed by atoms with Gasteiger partial charge in [-0.25, -0.2) is 16.8 Å². The molecule has 6 nitrogen and oxygen atoms in total. The lowest BCUT2D eigenvalue weighted by molar-refractivity contribution is 0.308. The molecule has 1 aliphatic rings. The number of sulfone groups is 1. The Kier molecular flexibility index (Phi) is 4.74. The second-order valence-electron chi connectivity index (χ2n) is 5.71. The summed E-state index contributed by atoms with van der Waals surface area (Å²) in [7, 11) is -6.98. The molecule has 0 radical (unpaired) electrons. The lowest BCUT2D eigenvalue weighted by Gasteiger charge is -2.37. The molecular formula is C15H16ClNO5S2. The van der Waals surface area contributed by atoms with Gasteiger partial charge < -0.3 is 4.42 Å². The van der Waals surface area contributed by atoms with Gasteiger partial charge in [-0.2, -0.15) is 4.31 Å². The van der Waals surface area contributed by atoms with Gasteiger partial charge >= 0.3 is 0 Å². The smallest absolute Gasteiger partial charge is 0.218 e. The van der Waals surface area contributed by atoms with Crippen LogP contribution >= 0.6 is 11.6 Å². The first kappa shape index (κ1) is 17.5. The normalized spacial score (nSPS) is 16.9. The van der Waals surface area contributed by atoms with Crippen LogP contribution in [0.4, 0.5) is 0 Å². The van der Waals surface area contributed by atoms with Crippen LogP contribution in [0.5, 0.6) is 0 Å². The van der Waals surface area contributed by atoms with Crippen molar-refractivity contribution in [3.05, 3.63) is 59.0 Å². The van der Waals surface area contributed by atoms with Crippen molar-refractivity contribution < 1.29 is 21.3 Å². The highest BCUT2D eigenvalue weighted by atomic mass is 35.5. The van der Waals surface area contributed by atoms with Gasteiger partial charge in [-0.3, -0.25) is 0 Å². The Morgan fingerprint density at radius 2 is 1.71 bits per heavy atom. The van der Waals surface area contributed by atoms with E-state index in [1.807, 2.05) is 0 Å². The molecule has 9 heteroatoms. The van der Waals surface area contributed by atoms with Gasteiger partial charge in [0.05, 0.1) is 17.3 Å². The second-order valence-corrected chi connectivity index (χ2v) is 10.4. The average molecular weight is 390 g/mol. The van der Waals surface area contributed by atoms with Crippen LogP contribution in [0.25, 0.3) is 0 Å². The highest BCUT2D eigenvalue weighted by Crippen LogP contribution is 2.25. The number of hydrogen-bond donors (Lipinski definition) is 0. The van der Waals surface area contributed by atoms with Gasteiger partial charge in [0.15, 0.2) is 9.84 Å². The Balaban J connectivity index is 1.61. The number of halogens is 1. The molecule has 0 saturated carbocycles. The second kappa shape index (κ2) is 6.51. The third kappa shape index (κ3) is 3.83. The van der Waals surface area contributed by atoms with E-state index in [0.29, 0.717) is 16.3 Å². The number of sulfonamides is 1. The molecule has 1 fully saturated rings. The van der Waals surface area contributed by atoms with Crippen LogP contribution < -0.4 is 0 Å². The van der Waals surface area contributed by atoms with Crippen molar-refractivity contribution in [2.45, 2.75) is 16.8 Å². The summed E-state index contributed by atoms with van der Waals surface area (Å²) in [6.07, 6.45) is 1.41. The minimum atomic E-state index is -3.54. The Bertz CT molecular complexity index is 899. The summed E-state index contributed by atoms with van der Waals surface area (Å²) < 4.78 is 55.4. The summed E-state index contributed by atoms with van der Waals surface area (Å²) in [5.74, 6) is -0.0253. The summed E-state index contributed by atoms with van der Waals surface area (Å²) in [5.41, 5.74) is 0.612. The fourth-order valence-corrected chi connectivity index (χ4v) is 5.98. The van der Waals surface area contributed by atoms with Crippen LogP contribution in [0.15, 0.2) is 47.1 Å². The van der Waals surface area contributed by atoms with E-state index in [2.05, 4.69) is 0 Å². The summed E-state index contributed by atoms with van der Waals surface area (Å²) in [6.45, 7) is -0.0298. The zero-order valence-corrected chi connectivity index (χ0v) is 15.0. The highest BCUT2D eigenvalue weighted by molar-refractivity contribution is 7.92. The molecule has 2 heterocycles. The number of hydrogen-bond acceptors (Lipinski definition) is 5. The fourth-order valence-electron chi connectivity index (χ4n) is 2.45. The SMILES string of the molecule is O=S(=O)(Cc1ccco1)C1CN(S(=O)(=O)Cc2ccc(Cl)cc2)C1. The molecule has 0 spiro atoms. The van der Waals surface area contributed by atoms with E-state index in [4.69, 9.17) is 16.0 Å². The van der Waals surface area contributed by atoms with E-state index in [-0.39, 0.29) is 24.6 Å². The summed E-state index contributed by atoms with van der Waals surface area (Å²) in [4.78, 5) is 0. The van der Waals surface area contributed by atoms with E-state index in [9.17, 15) is 16.8 Å². The Hall–Kier alpha value is -1.35. The lowest BCUT2D eigenvalue weighted by Crippen LogP contribution is -2.57. The Morgan fingerprint density at radius 3 is 2.29 bits per heavy atom. The Morgan fingerprint density at radius 1 is 1.04 bits per heavy atom. The van der Waals surface area contributed by atoms with E-state index in [1.54, 1.807) is 36.4 Å². The van der Waals surface area contributed by atoms with E-state index >= 15 is 0 Å². The van der Waals surface area contributed by atoms with Gasteiger partial charge in [0, 0.05) is 18.1 Å². The van der Waals surface area contributed by atoms with Crippen LogP contribution in [0.1, 0.15) is 11.3 Å². The van der Waals surface area contributed by atoms with Crippen molar-refractivity contribution in [1.29, 1.82) is 0 Å². The van der Waals surface area contributed by atoms with Crippen molar-refractivity contribution in [2.24, 2.45) is 0 Å². The van der Waals surface area contributed by atoms with Gasteiger partial charge in [0.1, 0.15) is 11.5 Å². The number of furan rings is 1. The molecule has 0 aliphatic carbocycles. The van der Waals surface area contributed by atoms with Crippen LogP contribution in [0.2, 0.25) is 5.02 Å². The van der Waals surface area contributed by atoms with Crippen molar-refractivity contribution in [2.75, 3.05) is 13.1 Å². The molecule has 1 aromatic heterocycles. The standard InChI is InChI=1S/C15H16ClNO5S2/c16-13-5-3-12(4-6-13)10-24(20,21)17-8-15(9-17)23(18,19)11-14-2-1-7-22-14/h1-7,15H,8-11H2. The van der Waals surface area contributed by atoms with Crippen molar-refractivity contribution in [3.63, 3.8) is 0 Å². The zero-order chi connectivity index (χ0) is 17.4. The summed E-state index contributed by atoms with van der Waals surface area (Å²) in [5, 5.41) is -0.160. The summed E-state index contributed by atoms with van der Waals surface area (Å²) >= 11 is 5.78. The molecule has 1 saturated heterocycles. The third-order valence-corrected chi connectivity index (χ3v) is 7.94. The molecule has 0 bridgehead atoms. The number of rotatable bonds is 6. The van der Waals surface area contributed by atoms with Crippen LogP contribution in [0.3, 0.4) is 0 Å². The molecule has 0 N–H and O–H groups in total. The molecule has 0 unspecified atom stereocenters. The maximum absolute atomic E-state index is 12.3. The maximum Gasteiger partial charge on any atom is 0.218 e. The topological polar surface area (TPSA) is 84.7 Å². The minimum Gasteiger partial charge on any atom is -0.468 e. The van der Waals surface area contributed by atoms with E-state index in [1.165, 1.54) is 10.6 Å². The Labute approximate surface area is 146 Å². The first-order valence-electron chi connectivity index (χ1n) is 7.22. The predicted octanol–water partition coefficient (Wildman–Crippen LogP) is 2.06. The molecule has 0 amide bonds. The lowest BCUT2D eigenvalue weighted by atomic mass is 10.2. The molecule has 1 aromatic carbocycles. The maximum atomic E-state index is 12.3. The number of benzene rings is 1. The largest absolute Gasteiger partial charge is 0.468 e. The molecule has 0 atom stereocenters. The van der Waals surface area contributed by atoms with Gasteiger partial charge in [-0.15, -0.1) is 0 Å². The van der Waals surface area contributed by atoms with Gasteiger partial charge in [0.2, 0.25) is 10.0 Å². The van der Waals surface area contributed by atoms with Crippen molar-refractivity contribution in [1.82, 2.24) is 4.31 Å². The average Bonchev–Trinajstić information content (AvgIpc) is 2.90. The molecule has 2 aromatic rings. The first-order valence-corrected chi connectivity index (χ1v) is 10.9. The molecule has 1 aliphatic heterocycles. The van der Waals surface area contributed by atoms with Crippen LogP contribution in [-0.4, -0.2) is 39.5 Å². The first-order chi connectivity index (χ1) is 11.3. The zero-order valence-electron chi connectivity index (χ0n) is 12.6. The quantitative estimate of drug-likeness (QED) is 0.755. The number of nitrogens with zero attached hydrogens (tertiary/aromatic N) is 1. The predicted molar refractivity (Wildman–Crippen MR) is 90.8 cm³/mol. The molecule has 3 rings (SSSR count). The monoisotopic (exact) mass is 389 g/mol. The van der Waals surface area contributed by atoms with Gasteiger partial charge in [-0.05, 0) is 29.8 Å². The van der Waals surface area contributed by atoms with Gasteiger partial charge in [-0.1, -0.05) is 23.7 Å². The molecule has 24 heavy (non-hydrogen) atoms. The highest BCUT2D eigenvalue weighted by Gasteiger charge is 2.43. The minimum absolute atomic E-state index is 0.0149. The summed E-state index contributed by atoms with van der Waals surface area (Å²) in [6, 6.07) is 9.74. The third-order valence-electron chi connectivity index (χ3n) is 3.90. The molecular weight excluding hydrogens is 374 g/mol. The van der Waals surface area contributed by atoms with Crippen LogP contribution in [-0.2, 0) is 31.4 Å². The van der Waals surface area contributed by atoms with E-state index in [0.717, 1.165) is 0 Å². The van der Waals surface area contributed by atoms with Crippen LogP contribution in [0, 0.1) is 0 Å². The van der Waals surface area contributed by atoms with Gasteiger partial charge in [0.25, 0.3) is 0 Å². The van der Waals surface area contributed by atoms with E-state index < -0.39 is 25.1 Å². The molecule has 130 valence electrons. The van der Waals surface area contributed by atoms with Crippen molar-refractivity contribution in [3.8, 4) is 0 Å². The van der Waals surface area contributed by atoms with Crippen molar-refractivity contribution >= 4 is 31.5 Å². The fraction of sp³-hybridized carbons (Fsp3) is 0.333.